The molecule has 1 aliphatic rings. The minimum atomic E-state index is -4.74. The first-order chi connectivity index (χ1) is 20.0. The Morgan fingerprint density at radius 1 is 1.17 bits per heavy atom. The van der Waals surface area contributed by atoms with Crippen LogP contribution in [0, 0.1) is 6.92 Å². The Morgan fingerprint density at radius 2 is 1.93 bits per heavy atom. The molecule has 0 fully saturated rings. The molecule has 3 aromatic rings. The molecule has 2 aromatic carbocycles. The van der Waals surface area contributed by atoms with Gasteiger partial charge in [0.1, 0.15) is 12.1 Å². The summed E-state index contributed by atoms with van der Waals surface area (Å²) in [6, 6.07) is 11.2. The summed E-state index contributed by atoms with van der Waals surface area (Å²) in [7, 11) is 0. The van der Waals surface area contributed by atoms with Crippen LogP contribution in [0.15, 0.2) is 66.5 Å². The number of nitrogens with one attached hydrogen (secondary N) is 3. The molecule has 0 saturated carbocycles. The van der Waals surface area contributed by atoms with Crippen molar-refractivity contribution in [3.63, 3.8) is 0 Å². The monoisotopic (exact) mass is 598 g/mol. The van der Waals surface area contributed by atoms with Crippen molar-refractivity contribution in [3.8, 4) is 11.4 Å². The number of thiocarbonyl (C=S) groups is 1. The Morgan fingerprint density at radius 3 is 2.64 bits per heavy atom. The lowest BCUT2D eigenvalue weighted by Crippen LogP contribution is -2.42. The molecule has 1 aromatic heterocycles. The first-order valence-electron chi connectivity index (χ1n) is 13.6. The molecule has 3 N–H and O–H groups in total. The summed E-state index contributed by atoms with van der Waals surface area (Å²) >= 11 is 5.34. The van der Waals surface area contributed by atoms with E-state index in [1.54, 1.807) is 0 Å². The van der Waals surface area contributed by atoms with Gasteiger partial charge >= 0.3 is 12.4 Å². The summed E-state index contributed by atoms with van der Waals surface area (Å²) < 4.78 is 42.6. The van der Waals surface area contributed by atoms with Crippen molar-refractivity contribution in [2.45, 2.75) is 58.7 Å². The minimum Gasteiger partial charge on any atom is -0.406 e. The largest absolute Gasteiger partial charge is 0.573 e. The highest BCUT2D eigenvalue weighted by Crippen LogP contribution is 2.28. The fourth-order valence-corrected chi connectivity index (χ4v) is 4.74. The second kappa shape index (κ2) is 13.6. The highest BCUT2D eigenvalue weighted by atomic mass is 32.1. The lowest BCUT2D eigenvalue weighted by atomic mass is 9.95. The third-order valence-electron chi connectivity index (χ3n) is 6.54. The SMILES string of the molecule is Cc1ccc(C(C)C)c(NC(=S)NC(=O)NCCCC2=CC(c3ncn(-c4ccc(OC(F)(F)F)cc4)n3)=CCC2)c1. The molecule has 0 spiro atoms. The van der Waals surface area contributed by atoms with Crippen LogP contribution in [-0.4, -0.2) is 38.8 Å². The van der Waals surface area contributed by atoms with Gasteiger partial charge in [0.2, 0.25) is 0 Å². The first-order valence-corrected chi connectivity index (χ1v) is 14.0. The molecule has 0 aliphatic heterocycles. The van der Waals surface area contributed by atoms with Crippen LogP contribution in [0.5, 0.6) is 5.75 Å². The number of carbonyl (C=O) groups excluding carboxylic acids is 1. The highest BCUT2D eigenvalue weighted by molar-refractivity contribution is 7.80. The fraction of sp³-hybridized carbons (Fsp3) is 0.333. The molecule has 222 valence electrons. The number of nitrogens with zero attached hydrogens (tertiary/aromatic N) is 3. The zero-order chi connectivity index (χ0) is 30.3. The number of benzene rings is 2. The van der Waals surface area contributed by atoms with Crippen molar-refractivity contribution in [2.24, 2.45) is 0 Å². The number of halogens is 3. The Balaban J connectivity index is 1.24. The van der Waals surface area contributed by atoms with Gasteiger partial charge in [-0.3, -0.25) is 5.32 Å². The van der Waals surface area contributed by atoms with Crippen molar-refractivity contribution >= 4 is 34.6 Å². The van der Waals surface area contributed by atoms with Crippen LogP contribution in [0.25, 0.3) is 11.3 Å². The van der Waals surface area contributed by atoms with Crippen LogP contribution < -0.4 is 20.7 Å². The van der Waals surface area contributed by atoms with E-state index >= 15 is 0 Å². The van der Waals surface area contributed by atoms with Gasteiger partial charge in [-0.2, -0.15) is 0 Å². The highest BCUT2D eigenvalue weighted by Gasteiger charge is 2.31. The number of carbonyl (C=O) groups is 1. The van der Waals surface area contributed by atoms with E-state index in [9.17, 15) is 18.0 Å². The Kier molecular flexibility index (Phi) is 10.00. The van der Waals surface area contributed by atoms with E-state index < -0.39 is 6.36 Å². The number of aromatic nitrogens is 3. The normalized spacial score (nSPS) is 13.3. The van der Waals surface area contributed by atoms with Crippen LogP contribution in [0.4, 0.5) is 23.7 Å². The van der Waals surface area contributed by atoms with Crippen LogP contribution in [-0.2, 0) is 0 Å². The third-order valence-corrected chi connectivity index (χ3v) is 6.74. The lowest BCUT2D eigenvalue weighted by molar-refractivity contribution is -0.274. The standard InChI is InChI=1S/C30H33F3N6O2S/c1-19(2)25-14-9-20(3)16-26(25)36-29(42)37-28(40)34-15-5-7-21-6-4-8-22(17-21)27-35-18-39(38-27)23-10-12-24(13-11-23)41-30(31,32)33/h8-14,16-19H,4-7,15H2,1-3H3,(H3,34,36,37,40,42). The first kappa shape index (κ1) is 30.8. The van der Waals surface area contributed by atoms with Crippen molar-refractivity contribution in [2.75, 3.05) is 11.9 Å². The quantitative estimate of drug-likeness (QED) is 0.179. The molecule has 2 amide bonds. The zero-order valence-corrected chi connectivity index (χ0v) is 24.4. The minimum absolute atomic E-state index is 0.238. The smallest absolute Gasteiger partial charge is 0.406 e. The predicted molar refractivity (Wildman–Crippen MR) is 161 cm³/mol. The number of allylic oxidation sites excluding steroid dienone is 4. The van der Waals surface area contributed by atoms with E-state index in [1.165, 1.54) is 40.8 Å². The molecule has 0 saturated heterocycles. The van der Waals surface area contributed by atoms with E-state index in [0.717, 1.165) is 48.1 Å². The van der Waals surface area contributed by atoms with Crippen molar-refractivity contribution in [3.05, 3.63) is 83.5 Å². The number of rotatable bonds is 9. The molecular weight excluding hydrogens is 565 g/mol. The lowest BCUT2D eigenvalue weighted by Gasteiger charge is -2.17. The maximum Gasteiger partial charge on any atom is 0.573 e. The number of amides is 2. The molecule has 8 nitrogen and oxygen atoms in total. The molecule has 1 aliphatic carbocycles. The van der Waals surface area contributed by atoms with Gasteiger partial charge in [-0.05, 0) is 92.2 Å². The maximum atomic E-state index is 12.4. The van der Waals surface area contributed by atoms with Gasteiger partial charge in [-0.15, -0.1) is 18.3 Å². The Bertz CT molecular complexity index is 1480. The summed E-state index contributed by atoms with van der Waals surface area (Å²) in [4.78, 5) is 16.7. The summed E-state index contributed by atoms with van der Waals surface area (Å²) in [5.41, 5.74) is 5.76. The fourth-order valence-electron chi connectivity index (χ4n) is 4.54. The average molecular weight is 599 g/mol. The van der Waals surface area contributed by atoms with Crippen LogP contribution in [0.1, 0.15) is 62.4 Å². The van der Waals surface area contributed by atoms with Gasteiger partial charge < -0.3 is 15.4 Å². The number of ether oxygens (including phenoxy) is 1. The molecule has 0 radical (unpaired) electrons. The molecule has 0 unspecified atom stereocenters. The number of urea groups is 1. The van der Waals surface area contributed by atoms with Gasteiger partial charge in [0.05, 0.1) is 5.69 Å². The number of aryl methyl sites for hydroxylation is 1. The summed E-state index contributed by atoms with van der Waals surface area (Å²) in [5, 5.41) is 13.4. The molecular formula is C30H33F3N6O2S. The zero-order valence-electron chi connectivity index (χ0n) is 23.6. The molecule has 1 heterocycles. The Hall–Kier alpha value is -4.19. The van der Waals surface area contributed by atoms with E-state index in [4.69, 9.17) is 12.2 Å². The summed E-state index contributed by atoms with van der Waals surface area (Å²) in [6.07, 6.45) is 4.16. The molecule has 12 heteroatoms. The third kappa shape index (κ3) is 8.90. The predicted octanol–water partition coefficient (Wildman–Crippen LogP) is 7.18. The van der Waals surface area contributed by atoms with Gasteiger partial charge in [0, 0.05) is 17.8 Å². The van der Waals surface area contributed by atoms with Crippen LogP contribution >= 0.6 is 12.2 Å². The average Bonchev–Trinajstić information content (AvgIpc) is 3.41. The Labute approximate surface area is 248 Å². The maximum absolute atomic E-state index is 12.4. The topological polar surface area (TPSA) is 93.1 Å². The van der Waals surface area contributed by atoms with Crippen molar-refractivity contribution < 1.29 is 22.7 Å². The summed E-state index contributed by atoms with van der Waals surface area (Å²) in [6.45, 7) is 6.69. The molecule has 42 heavy (non-hydrogen) atoms. The van der Waals surface area contributed by atoms with E-state index in [-0.39, 0.29) is 16.9 Å². The van der Waals surface area contributed by atoms with E-state index in [2.05, 4.69) is 68.9 Å². The second-order valence-corrected chi connectivity index (χ2v) is 10.6. The summed E-state index contributed by atoms with van der Waals surface area (Å²) in [5.74, 6) is 0.529. The number of hydrogen-bond acceptors (Lipinski definition) is 5. The molecule has 0 bridgehead atoms. The number of anilines is 1. The van der Waals surface area contributed by atoms with Crippen LogP contribution in [0.3, 0.4) is 0 Å². The molecule has 0 atom stereocenters. The van der Waals surface area contributed by atoms with Gasteiger partial charge in [0.15, 0.2) is 10.9 Å². The second-order valence-electron chi connectivity index (χ2n) is 10.2. The number of hydrogen-bond donors (Lipinski definition) is 3. The number of alkyl halides is 3. The van der Waals surface area contributed by atoms with Crippen molar-refractivity contribution in [1.29, 1.82) is 0 Å². The van der Waals surface area contributed by atoms with Crippen molar-refractivity contribution in [1.82, 2.24) is 25.4 Å². The van der Waals surface area contributed by atoms with E-state index in [1.807, 2.05) is 13.0 Å². The van der Waals surface area contributed by atoms with Gasteiger partial charge in [-0.1, -0.05) is 43.7 Å². The van der Waals surface area contributed by atoms with Gasteiger partial charge in [-0.25, -0.2) is 14.5 Å². The van der Waals surface area contributed by atoms with E-state index in [0.29, 0.717) is 24.0 Å². The van der Waals surface area contributed by atoms with Crippen LogP contribution in [0.2, 0.25) is 0 Å². The molecule has 4 rings (SSSR count). The van der Waals surface area contributed by atoms with Gasteiger partial charge in [0.25, 0.3) is 0 Å².